The summed E-state index contributed by atoms with van der Waals surface area (Å²) in [6.45, 7) is 1.83. The predicted molar refractivity (Wildman–Crippen MR) is 134 cm³/mol. The Morgan fingerprint density at radius 2 is 1.89 bits per heavy atom. The maximum atomic E-state index is 15.2. The molecule has 0 saturated heterocycles. The molecule has 0 bridgehead atoms. The highest BCUT2D eigenvalue weighted by Crippen LogP contribution is 2.45. The van der Waals surface area contributed by atoms with Crippen molar-refractivity contribution in [3.05, 3.63) is 53.1 Å². The van der Waals surface area contributed by atoms with E-state index in [1.165, 1.54) is 18.5 Å². The first kappa shape index (κ1) is 23.9. The van der Waals surface area contributed by atoms with Crippen molar-refractivity contribution in [2.75, 3.05) is 12.8 Å². The van der Waals surface area contributed by atoms with Crippen LogP contribution in [0, 0.1) is 5.82 Å². The van der Waals surface area contributed by atoms with Crippen LogP contribution in [0.4, 0.5) is 4.39 Å². The molecule has 0 radical (unpaired) electrons. The van der Waals surface area contributed by atoms with Crippen molar-refractivity contribution in [2.24, 2.45) is 15.1 Å². The molecule has 1 spiro atoms. The Morgan fingerprint density at radius 1 is 1.17 bits per heavy atom. The van der Waals surface area contributed by atoms with Crippen LogP contribution in [-0.2, 0) is 15.3 Å². The number of nitrogens with zero attached hydrogens (tertiary/aromatic N) is 5. The zero-order valence-corrected chi connectivity index (χ0v) is 21.1. The Bertz CT molecular complexity index is 1420. The second kappa shape index (κ2) is 8.67. The van der Waals surface area contributed by atoms with Crippen LogP contribution in [0.2, 0.25) is 5.02 Å². The Morgan fingerprint density at radius 3 is 2.57 bits per heavy atom. The van der Waals surface area contributed by atoms with E-state index in [4.69, 9.17) is 26.9 Å². The standard InChI is InChI=1S/C24H26ClFN6O2S/c1-23(9-10-35(33,28-2)24(22(27)31-23)7-3-4-8-24)17-11-15(5-6-18(17)26)20-12-19(32-34-20)21-29-13-16(25)14-30-21/h5-6,11-14H,3-4,7-10H2,1-2H3,(H2,27,31)/t23-,35-/m0/s1. The molecule has 8 nitrogen and oxygen atoms in total. The Kier molecular flexibility index (Phi) is 5.91. The number of aromatic nitrogens is 3. The molecule has 0 amide bonds. The second-order valence-electron chi connectivity index (χ2n) is 9.25. The van der Waals surface area contributed by atoms with Crippen molar-refractivity contribution in [1.29, 1.82) is 0 Å². The smallest absolute Gasteiger partial charge is 0.181 e. The van der Waals surface area contributed by atoms with E-state index < -0.39 is 25.8 Å². The van der Waals surface area contributed by atoms with E-state index in [2.05, 4.69) is 19.5 Å². The lowest BCUT2D eigenvalue weighted by molar-refractivity contribution is 0.432. The third-order valence-electron chi connectivity index (χ3n) is 7.21. The van der Waals surface area contributed by atoms with Crippen LogP contribution in [-0.4, -0.2) is 42.7 Å². The maximum Gasteiger partial charge on any atom is 0.181 e. The number of hydrogen-bond donors (Lipinski definition) is 1. The lowest BCUT2D eigenvalue weighted by Crippen LogP contribution is -2.48. The Labute approximate surface area is 208 Å². The van der Waals surface area contributed by atoms with E-state index in [1.54, 1.807) is 25.2 Å². The Balaban J connectivity index is 1.56. The van der Waals surface area contributed by atoms with Gasteiger partial charge in [-0.2, -0.15) is 0 Å². The summed E-state index contributed by atoms with van der Waals surface area (Å²) in [5.41, 5.74) is 6.94. The molecule has 2 aliphatic rings. The summed E-state index contributed by atoms with van der Waals surface area (Å²) < 4.78 is 38.3. The molecule has 35 heavy (non-hydrogen) atoms. The summed E-state index contributed by atoms with van der Waals surface area (Å²) in [5, 5.41) is 4.46. The van der Waals surface area contributed by atoms with Crippen LogP contribution in [0.25, 0.3) is 22.8 Å². The minimum absolute atomic E-state index is 0.300. The topological polar surface area (TPSA) is 120 Å². The SMILES string of the molecule is CN=[S@]1(=O)CC[C@@](C)(c2cc(-c3cc(-c4ncc(Cl)cn4)no3)ccc2F)N=C(N)C12CCCC2. The van der Waals surface area contributed by atoms with Gasteiger partial charge in [-0.3, -0.25) is 4.99 Å². The molecule has 5 rings (SSSR count). The number of amidine groups is 1. The molecule has 1 fully saturated rings. The lowest BCUT2D eigenvalue weighted by atomic mass is 9.87. The van der Waals surface area contributed by atoms with Gasteiger partial charge in [-0.05, 0) is 44.4 Å². The van der Waals surface area contributed by atoms with Crippen LogP contribution >= 0.6 is 11.6 Å². The van der Waals surface area contributed by atoms with Crippen molar-refractivity contribution in [3.63, 3.8) is 0 Å². The predicted octanol–water partition coefficient (Wildman–Crippen LogP) is 4.98. The fraction of sp³-hybridized carbons (Fsp3) is 0.417. The van der Waals surface area contributed by atoms with Crippen LogP contribution in [0.5, 0.6) is 0 Å². The van der Waals surface area contributed by atoms with E-state index >= 15 is 4.39 Å². The van der Waals surface area contributed by atoms with Gasteiger partial charge in [0, 0.05) is 42.4 Å². The van der Waals surface area contributed by atoms with Crippen molar-refractivity contribution in [3.8, 4) is 22.8 Å². The van der Waals surface area contributed by atoms with Crippen LogP contribution in [0.3, 0.4) is 0 Å². The van der Waals surface area contributed by atoms with Crippen LogP contribution in [0.15, 0.2) is 50.5 Å². The van der Waals surface area contributed by atoms with Gasteiger partial charge >= 0.3 is 0 Å². The third kappa shape index (κ3) is 3.92. The molecule has 0 unspecified atom stereocenters. The number of nitrogens with two attached hydrogens (primary N) is 1. The Hall–Kier alpha value is -2.85. The van der Waals surface area contributed by atoms with Gasteiger partial charge in [0.1, 0.15) is 16.4 Å². The number of aliphatic imine (C=N–C) groups is 1. The van der Waals surface area contributed by atoms with Gasteiger partial charge in [0.25, 0.3) is 0 Å². The minimum atomic E-state index is -2.64. The van der Waals surface area contributed by atoms with Gasteiger partial charge in [-0.1, -0.05) is 29.6 Å². The van der Waals surface area contributed by atoms with E-state index in [9.17, 15) is 4.21 Å². The van der Waals surface area contributed by atoms with E-state index in [-0.39, 0.29) is 0 Å². The molecule has 1 saturated carbocycles. The normalized spacial score (nSPS) is 25.9. The number of halogens is 2. The molecule has 3 aromatic rings. The first-order valence-corrected chi connectivity index (χ1v) is 13.5. The number of benzene rings is 1. The number of hydrogen-bond acceptors (Lipinski definition) is 8. The molecule has 3 heterocycles. The largest absolute Gasteiger partial charge is 0.386 e. The zero-order valence-electron chi connectivity index (χ0n) is 19.5. The molecule has 2 aromatic heterocycles. The lowest BCUT2D eigenvalue weighted by Gasteiger charge is -2.30. The highest BCUT2D eigenvalue weighted by molar-refractivity contribution is 7.95. The van der Waals surface area contributed by atoms with E-state index in [0.717, 1.165) is 12.8 Å². The van der Waals surface area contributed by atoms with Crippen molar-refractivity contribution < 1.29 is 13.1 Å². The summed E-state index contributed by atoms with van der Waals surface area (Å²) >= 11 is 5.86. The second-order valence-corrected chi connectivity index (χ2v) is 12.5. The fourth-order valence-corrected chi connectivity index (χ4v) is 8.15. The van der Waals surface area contributed by atoms with Crippen molar-refractivity contribution >= 4 is 27.2 Å². The van der Waals surface area contributed by atoms with Crippen molar-refractivity contribution in [1.82, 2.24) is 15.1 Å². The fourth-order valence-electron chi connectivity index (χ4n) is 5.15. The highest BCUT2D eigenvalue weighted by Gasteiger charge is 2.51. The summed E-state index contributed by atoms with van der Waals surface area (Å²) in [6.07, 6.45) is 6.52. The molecule has 1 aromatic carbocycles. The molecule has 184 valence electrons. The number of rotatable bonds is 3. The first-order valence-electron chi connectivity index (χ1n) is 11.4. The molecular formula is C24H26ClFN6O2S. The highest BCUT2D eigenvalue weighted by atomic mass is 35.5. The monoisotopic (exact) mass is 516 g/mol. The molecule has 2 atom stereocenters. The molecule has 11 heteroatoms. The maximum absolute atomic E-state index is 15.2. The van der Waals surface area contributed by atoms with Crippen molar-refractivity contribution in [2.45, 2.75) is 49.3 Å². The summed E-state index contributed by atoms with van der Waals surface area (Å²) in [4.78, 5) is 13.2. The minimum Gasteiger partial charge on any atom is -0.386 e. The third-order valence-corrected chi connectivity index (χ3v) is 10.6. The molecule has 1 aliphatic carbocycles. The van der Waals surface area contributed by atoms with Gasteiger partial charge in [0.15, 0.2) is 17.3 Å². The van der Waals surface area contributed by atoms with Gasteiger partial charge in [0.05, 0.1) is 20.3 Å². The van der Waals surface area contributed by atoms with Gasteiger partial charge < -0.3 is 10.3 Å². The van der Waals surface area contributed by atoms with E-state index in [1.807, 2.05) is 6.92 Å². The average molecular weight is 517 g/mol. The van der Waals surface area contributed by atoms with Gasteiger partial charge in [-0.15, -0.1) is 0 Å². The van der Waals surface area contributed by atoms with E-state index in [0.29, 0.717) is 64.3 Å². The van der Waals surface area contributed by atoms with Crippen LogP contribution in [0.1, 0.15) is 44.6 Å². The molecule has 1 aliphatic heterocycles. The zero-order chi connectivity index (χ0) is 24.8. The van der Waals surface area contributed by atoms with Gasteiger partial charge in [0.2, 0.25) is 0 Å². The summed E-state index contributed by atoms with van der Waals surface area (Å²) in [7, 11) is -1.05. The molecular weight excluding hydrogens is 491 g/mol. The summed E-state index contributed by atoms with van der Waals surface area (Å²) in [5.74, 6) is 0.982. The molecule has 2 N–H and O–H groups in total. The summed E-state index contributed by atoms with van der Waals surface area (Å²) in [6, 6.07) is 6.36. The average Bonchev–Trinajstić information content (AvgIpc) is 3.53. The quantitative estimate of drug-likeness (QED) is 0.524. The first-order chi connectivity index (χ1) is 16.7. The van der Waals surface area contributed by atoms with Crippen LogP contribution < -0.4 is 5.73 Å². The van der Waals surface area contributed by atoms with Gasteiger partial charge in [-0.25, -0.2) is 22.9 Å².